The van der Waals surface area contributed by atoms with Crippen LogP contribution in [0.3, 0.4) is 0 Å². The van der Waals surface area contributed by atoms with Gasteiger partial charge >= 0.3 is 0 Å². The molecule has 0 amide bonds. The van der Waals surface area contributed by atoms with E-state index in [0.717, 1.165) is 16.7 Å². The van der Waals surface area contributed by atoms with Crippen LogP contribution in [0.4, 0.5) is 11.8 Å². The molecule has 1 aromatic heterocycles. The Morgan fingerprint density at radius 2 is 1.77 bits per heavy atom. The maximum absolute atomic E-state index is 12.4. The van der Waals surface area contributed by atoms with Crippen LogP contribution in [-0.2, 0) is 10.0 Å². The summed E-state index contributed by atoms with van der Waals surface area (Å²) in [5, 5.41) is 3.09. The molecule has 3 aromatic rings. The highest BCUT2D eigenvalue weighted by Crippen LogP contribution is 2.26. The molecule has 0 spiro atoms. The summed E-state index contributed by atoms with van der Waals surface area (Å²) in [6, 6.07) is 14.0. The Bertz CT molecular complexity index is 1130. The number of ether oxygens (including phenoxy) is 1. The number of aryl methyl sites for hydroxylation is 1. The predicted molar refractivity (Wildman–Crippen MR) is 118 cm³/mol. The normalized spacial score (nSPS) is 11.3. The third-order valence-electron chi connectivity index (χ3n) is 4.72. The lowest BCUT2D eigenvalue weighted by molar-refractivity contribution is 0.414. The molecule has 158 valence electrons. The summed E-state index contributed by atoms with van der Waals surface area (Å²) in [5.41, 5.74) is 9.84. The van der Waals surface area contributed by atoms with Crippen molar-refractivity contribution in [1.29, 1.82) is 0 Å². The molecule has 0 radical (unpaired) electrons. The van der Waals surface area contributed by atoms with Crippen molar-refractivity contribution in [2.45, 2.75) is 18.7 Å². The molecular formula is C21H25N5O3S. The monoisotopic (exact) mass is 427 g/mol. The Labute approximate surface area is 176 Å². The zero-order chi connectivity index (χ0) is 21.7. The average Bonchev–Trinajstić information content (AvgIpc) is 2.73. The molecule has 0 fully saturated rings. The van der Waals surface area contributed by atoms with Crippen LogP contribution in [0.2, 0.25) is 0 Å². The molecule has 8 nitrogen and oxygen atoms in total. The van der Waals surface area contributed by atoms with E-state index >= 15 is 0 Å². The number of nitrogen functional groups attached to an aromatic ring is 1. The summed E-state index contributed by atoms with van der Waals surface area (Å²) in [7, 11) is -2.09. The van der Waals surface area contributed by atoms with E-state index in [9.17, 15) is 8.42 Å². The Hall–Kier alpha value is -3.17. The molecular weight excluding hydrogens is 402 g/mol. The second-order valence-corrected chi connectivity index (χ2v) is 8.51. The molecule has 0 aliphatic heterocycles. The summed E-state index contributed by atoms with van der Waals surface area (Å²) in [4.78, 5) is 8.69. The van der Waals surface area contributed by atoms with Crippen LogP contribution in [-0.4, -0.2) is 38.6 Å². The van der Waals surface area contributed by atoms with Gasteiger partial charge in [-0.3, -0.25) is 0 Å². The summed E-state index contributed by atoms with van der Waals surface area (Å²) in [5.74, 6) is 1.27. The fourth-order valence-electron chi connectivity index (χ4n) is 2.94. The van der Waals surface area contributed by atoms with Crippen LogP contribution in [0, 0.1) is 13.8 Å². The first kappa shape index (κ1) is 21.5. The van der Waals surface area contributed by atoms with Crippen LogP contribution in [0.15, 0.2) is 53.4 Å². The molecule has 0 atom stereocenters. The van der Waals surface area contributed by atoms with Gasteiger partial charge in [0, 0.05) is 24.7 Å². The molecule has 0 bridgehead atoms. The van der Waals surface area contributed by atoms with E-state index in [2.05, 4.69) is 20.0 Å². The lowest BCUT2D eigenvalue weighted by Gasteiger charge is -2.12. The third kappa shape index (κ3) is 5.05. The minimum absolute atomic E-state index is 0.148. The highest BCUT2D eigenvalue weighted by atomic mass is 32.2. The lowest BCUT2D eigenvalue weighted by Crippen LogP contribution is -2.29. The number of aromatic nitrogens is 2. The van der Waals surface area contributed by atoms with Crippen molar-refractivity contribution in [3.63, 3.8) is 0 Å². The highest BCUT2D eigenvalue weighted by Gasteiger charge is 2.13. The zero-order valence-corrected chi connectivity index (χ0v) is 18.0. The van der Waals surface area contributed by atoms with Crippen molar-refractivity contribution in [3.8, 4) is 17.0 Å². The zero-order valence-electron chi connectivity index (χ0n) is 17.1. The van der Waals surface area contributed by atoms with E-state index in [-0.39, 0.29) is 17.4 Å². The van der Waals surface area contributed by atoms with Crippen molar-refractivity contribution in [1.82, 2.24) is 14.7 Å². The first-order chi connectivity index (χ1) is 14.3. The number of nitrogens with two attached hydrogens (primary N) is 1. The average molecular weight is 428 g/mol. The maximum atomic E-state index is 12.4. The topological polar surface area (TPSA) is 119 Å². The SMILES string of the molecule is COc1ccc(S(=O)(=O)NCCNc2cc(-c3cccc(C)c3C)nc(N)n2)cc1. The van der Waals surface area contributed by atoms with Gasteiger partial charge in [0.2, 0.25) is 16.0 Å². The molecule has 3 rings (SSSR count). The lowest BCUT2D eigenvalue weighted by atomic mass is 10.0. The number of sulfonamides is 1. The Kier molecular flexibility index (Phi) is 6.53. The third-order valence-corrected chi connectivity index (χ3v) is 6.19. The smallest absolute Gasteiger partial charge is 0.240 e. The van der Waals surface area contributed by atoms with E-state index in [1.807, 2.05) is 32.0 Å². The quantitative estimate of drug-likeness (QED) is 0.473. The van der Waals surface area contributed by atoms with Crippen LogP contribution in [0.5, 0.6) is 5.75 Å². The molecule has 0 saturated heterocycles. The highest BCUT2D eigenvalue weighted by molar-refractivity contribution is 7.89. The minimum atomic E-state index is -3.61. The van der Waals surface area contributed by atoms with E-state index in [4.69, 9.17) is 10.5 Å². The molecule has 30 heavy (non-hydrogen) atoms. The number of rotatable bonds is 8. The van der Waals surface area contributed by atoms with Gasteiger partial charge in [0.25, 0.3) is 0 Å². The molecule has 0 aliphatic rings. The number of nitrogens with zero attached hydrogens (tertiary/aromatic N) is 2. The van der Waals surface area contributed by atoms with E-state index in [1.54, 1.807) is 18.2 Å². The molecule has 0 unspecified atom stereocenters. The maximum Gasteiger partial charge on any atom is 0.240 e. The van der Waals surface area contributed by atoms with Gasteiger partial charge in [-0.15, -0.1) is 0 Å². The molecule has 0 aliphatic carbocycles. The van der Waals surface area contributed by atoms with Crippen LogP contribution in [0.1, 0.15) is 11.1 Å². The van der Waals surface area contributed by atoms with Crippen LogP contribution in [0.25, 0.3) is 11.3 Å². The number of nitrogens with one attached hydrogen (secondary N) is 2. The van der Waals surface area contributed by atoms with Gasteiger partial charge in [-0.25, -0.2) is 18.1 Å². The number of anilines is 2. The van der Waals surface area contributed by atoms with Crippen molar-refractivity contribution in [2.24, 2.45) is 0 Å². The fourth-order valence-corrected chi connectivity index (χ4v) is 3.97. The van der Waals surface area contributed by atoms with Gasteiger partial charge in [-0.2, -0.15) is 4.98 Å². The van der Waals surface area contributed by atoms with Crippen molar-refractivity contribution in [3.05, 3.63) is 59.7 Å². The summed E-state index contributed by atoms with van der Waals surface area (Å²) >= 11 is 0. The summed E-state index contributed by atoms with van der Waals surface area (Å²) in [6.45, 7) is 4.58. The van der Waals surface area contributed by atoms with Crippen molar-refractivity contribution >= 4 is 21.8 Å². The van der Waals surface area contributed by atoms with Gasteiger partial charge in [0.05, 0.1) is 17.7 Å². The van der Waals surface area contributed by atoms with E-state index in [0.29, 0.717) is 23.8 Å². The van der Waals surface area contributed by atoms with Crippen molar-refractivity contribution < 1.29 is 13.2 Å². The van der Waals surface area contributed by atoms with Crippen LogP contribution < -0.4 is 20.5 Å². The number of hydrogen-bond acceptors (Lipinski definition) is 7. The van der Waals surface area contributed by atoms with E-state index in [1.165, 1.54) is 19.2 Å². The number of methoxy groups -OCH3 is 1. The standard InChI is InChI=1S/C21H25N5O3S/c1-14-5-4-6-18(15(14)2)19-13-20(26-21(22)25-19)23-11-12-24-30(27,28)17-9-7-16(29-3)8-10-17/h4-10,13,24H,11-12H2,1-3H3,(H3,22,23,25,26). The van der Waals surface area contributed by atoms with Gasteiger partial charge in [0.15, 0.2) is 0 Å². The summed E-state index contributed by atoms with van der Waals surface area (Å²) in [6.07, 6.45) is 0. The Morgan fingerprint density at radius 3 is 2.47 bits per heavy atom. The molecule has 2 aromatic carbocycles. The first-order valence-electron chi connectivity index (χ1n) is 9.39. The van der Waals surface area contributed by atoms with Gasteiger partial charge in [-0.05, 0) is 49.2 Å². The summed E-state index contributed by atoms with van der Waals surface area (Å²) < 4.78 is 32.4. The van der Waals surface area contributed by atoms with Gasteiger partial charge < -0.3 is 15.8 Å². The second-order valence-electron chi connectivity index (χ2n) is 6.74. The molecule has 0 saturated carbocycles. The van der Waals surface area contributed by atoms with Crippen molar-refractivity contribution in [2.75, 3.05) is 31.2 Å². The molecule has 4 N–H and O–H groups in total. The van der Waals surface area contributed by atoms with Gasteiger partial charge in [0.1, 0.15) is 11.6 Å². The Balaban J connectivity index is 1.65. The molecule has 1 heterocycles. The minimum Gasteiger partial charge on any atom is -0.497 e. The van der Waals surface area contributed by atoms with E-state index < -0.39 is 10.0 Å². The Morgan fingerprint density at radius 1 is 1.03 bits per heavy atom. The number of hydrogen-bond donors (Lipinski definition) is 3. The van der Waals surface area contributed by atoms with Crippen LogP contribution >= 0.6 is 0 Å². The first-order valence-corrected chi connectivity index (χ1v) is 10.9. The largest absolute Gasteiger partial charge is 0.497 e. The fraction of sp³-hybridized carbons (Fsp3) is 0.238. The predicted octanol–water partition coefficient (Wildman–Crippen LogP) is 2.74. The molecule has 9 heteroatoms. The number of benzene rings is 2. The van der Waals surface area contributed by atoms with Gasteiger partial charge in [-0.1, -0.05) is 18.2 Å². The second kappa shape index (κ2) is 9.10.